The largest absolute Gasteiger partial charge is 0.450 e. The zero-order valence-corrected chi connectivity index (χ0v) is 11.9. The normalized spacial score (nSPS) is 23.3. The van der Waals surface area contributed by atoms with Gasteiger partial charge in [0.25, 0.3) is 0 Å². The van der Waals surface area contributed by atoms with Crippen LogP contribution in [0.15, 0.2) is 30.3 Å². The summed E-state index contributed by atoms with van der Waals surface area (Å²) in [5, 5.41) is 0. The zero-order chi connectivity index (χ0) is 13.8. The Bertz CT molecular complexity index is 409. The second kappa shape index (κ2) is 5.95. The minimum Gasteiger partial charge on any atom is -0.450 e. The predicted octanol–water partition coefficient (Wildman–Crippen LogP) is 2.74. The summed E-state index contributed by atoms with van der Waals surface area (Å²) in [5.74, 6) is 0. The van der Waals surface area contributed by atoms with Gasteiger partial charge in [-0.2, -0.15) is 0 Å². The molecule has 0 saturated carbocycles. The molecule has 1 fully saturated rings. The van der Waals surface area contributed by atoms with Crippen LogP contribution in [-0.2, 0) is 4.74 Å². The number of ether oxygens (including phenoxy) is 1. The molecule has 1 heterocycles. The van der Waals surface area contributed by atoms with E-state index in [0.29, 0.717) is 19.7 Å². The zero-order valence-electron chi connectivity index (χ0n) is 11.9. The van der Waals surface area contributed by atoms with E-state index in [0.717, 1.165) is 0 Å². The summed E-state index contributed by atoms with van der Waals surface area (Å²) in [6, 6.07) is 10.9. The highest BCUT2D eigenvalue weighted by molar-refractivity contribution is 5.68. The van der Waals surface area contributed by atoms with Crippen LogP contribution in [0.2, 0.25) is 0 Å². The number of para-hydroxylation sites is 1. The molecule has 0 N–H and O–H groups in total. The van der Waals surface area contributed by atoms with E-state index < -0.39 is 0 Å². The third-order valence-electron chi connectivity index (χ3n) is 3.50. The molecular formula is C15H22N2O2. The lowest BCUT2D eigenvalue weighted by Gasteiger charge is -2.45. The lowest BCUT2D eigenvalue weighted by molar-refractivity contribution is 0.0944. The lowest BCUT2D eigenvalue weighted by Crippen LogP contribution is -2.58. The van der Waals surface area contributed by atoms with Crippen molar-refractivity contribution in [2.24, 2.45) is 0 Å². The van der Waals surface area contributed by atoms with Crippen LogP contribution in [0, 0.1) is 0 Å². The van der Waals surface area contributed by atoms with E-state index in [2.05, 4.69) is 30.9 Å². The number of nitrogens with zero attached hydrogens (tertiary/aromatic N) is 2. The van der Waals surface area contributed by atoms with Crippen LogP contribution >= 0.6 is 0 Å². The molecule has 4 nitrogen and oxygen atoms in total. The van der Waals surface area contributed by atoms with Gasteiger partial charge in [-0.15, -0.1) is 0 Å². The van der Waals surface area contributed by atoms with Crippen LogP contribution in [0.25, 0.3) is 0 Å². The van der Waals surface area contributed by atoms with Gasteiger partial charge < -0.3 is 14.5 Å². The van der Waals surface area contributed by atoms with E-state index in [1.165, 1.54) is 5.69 Å². The van der Waals surface area contributed by atoms with E-state index >= 15 is 0 Å². The number of anilines is 1. The summed E-state index contributed by atoms with van der Waals surface area (Å²) in [7, 11) is 0. The van der Waals surface area contributed by atoms with Gasteiger partial charge in [-0.05, 0) is 32.9 Å². The predicted molar refractivity (Wildman–Crippen MR) is 76.4 cm³/mol. The molecule has 104 valence electrons. The van der Waals surface area contributed by atoms with Crippen molar-refractivity contribution in [1.29, 1.82) is 0 Å². The number of carbonyl (C=O) groups excluding carboxylic acids is 1. The summed E-state index contributed by atoms with van der Waals surface area (Å²) < 4.78 is 5.09. The summed E-state index contributed by atoms with van der Waals surface area (Å²) in [6.07, 6.45) is -0.200. The molecule has 1 saturated heterocycles. The molecule has 1 aliphatic rings. The molecule has 1 aromatic rings. The van der Waals surface area contributed by atoms with E-state index in [1.807, 2.05) is 25.1 Å². The average Bonchev–Trinajstić information content (AvgIpc) is 2.39. The number of hydrogen-bond donors (Lipinski definition) is 0. The van der Waals surface area contributed by atoms with Gasteiger partial charge in [0.1, 0.15) is 0 Å². The Morgan fingerprint density at radius 1 is 1.21 bits per heavy atom. The Labute approximate surface area is 115 Å². The number of carbonyl (C=O) groups is 1. The Kier molecular flexibility index (Phi) is 4.30. The van der Waals surface area contributed by atoms with Crippen molar-refractivity contribution >= 4 is 11.8 Å². The minimum absolute atomic E-state index is 0.200. The maximum Gasteiger partial charge on any atom is 0.409 e. The van der Waals surface area contributed by atoms with E-state index in [-0.39, 0.29) is 18.2 Å². The van der Waals surface area contributed by atoms with Crippen LogP contribution in [0.5, 0.6) is 0 Å². The summed E-state index contributed by atoms with van der Waals surface area (Å²) in [4.78, 5) is 16.0. The Balaban J connectivity index is 2.09. The molecule has 2 atom stereocenters. The second-order valence-corrected chi connectivity index (χ2v) is 5.04. The summed E-state index contributed by atoms with van der Waals surface area (Å²) in [6.45, 7) is 7.98. The maximum absolute atomic E-state index is 11.8. The summed E-state index contributed by atoms with van der Waals surface area (Å²) >= 11 is 0. The average molecular weight is 262 g/mol. The first kappa shape index (κ1) is 13.7. The van der Waals surface area contributed by atoms with Gasteiger partial charge in [0.2, 0.25) is 0 Å². The van der Waals surface area contributed by atoms with Crippen LogP contribution in [0.1, 0.15) is 20.8 Å². The smallest absolute Gasteiger partial charge is 0.409 e. The number of amides is 1. The van der Waals surface area contributed by atoms with Gasteiger partial charge in [-0.1, -0.05) is 18.2 Å². The molecule has 0 bridgehead atoms. The highest BCUT2D eigenvalue weighted by Crippen LogP contribution is 2.24. The SMILES string of the molecule is CCOC(=O)N1CC(C)N(c2ccccc2)C(C)C1. The van der Waals surface area contributed by atoms with Gasteiger partial charge in [-0.25, -0.2) is 4.79 Å². The second-order valence-electron chi connectivity index (χ2n) is 5.04. The first-order chi connectivity index (χ1) is 9.13. The van der Waals surface area contributed by atoms with Crippen LogP contribution < -0.4 is 4.90 Å². The van der Waals surface area contributed by atoms with Gasteiger partial charge in [0.05, 0.1) is 6.61 Å². The fourth-order valence-corrected chi connectivity index (χ4v) is 2.80. The van der Waals surface area contributed by atoms with Crippen LogP contribution in [0.4, 0.5) is 10.5 Å². The lowest BCUT2D eigenvalue weighted by atomic mass is 10.1. The molecule has 0 spiro atoms. The van der Waals surface area contributed by atoms with E-state index in [4.69, 9.17) is 4.74 Å². The van der Waals surface area contributed by atoms with E-state index in [1.54, 1.807) is 4.90 Å². The molecule has 1 aromatic carbocycles. The molecular weight excluding hydrogens is 240 g/mol. The van der Waals surface area contributed by atoms with Crippen LogP contribution in [-0.4, -0.2) is 42.8 Å². The molecule has 2 rings (SSSR count). The van der Waals surface area contributed by atoms with Gasteiger partial charge in [0.15, 0.2) is 0 Å². The van der Waals surface area contributed by atoms with Crippen LogP contribution in [0.3, 0.4) is 0 Å². The van der Waals surface area contributed by atoms with Crippen molar-refractivity contribution in [1.82, 2.24) is 4.90 Å². The Morgan fingerprint density at radius 3 is 2.32 bits per heavy atom. The number of rotatable bonds is 2. The number of piperazine rings is 1. The molecule has 2 unspecified atom stereocenters. The van der Waals surface area contributed by atoms with Gasteiger partial charge >= 0.3 is 6.09 Å². The van der Waals surface area contributed by atoms with Crippen molar-refractivity contribution in [2.45, 2.75) is 32.9 Å². The first-order valence-electron chi connectivity index (χ1n) is 6.88. The van der Waals surface area contributed by atoms with Crippen molar-refractivity contribution in [3.05, 3.63) is 30.3 Å². The third-order valence-corrected chi connectivity index (χ3v) is 3.50. The molecule has 4 heteroatoms. The van der Waals surface area contributed by atoms with Crippen molar-refractivity contribution < 1.29 is 9.53 Å². The van der Waals surface area contributed by atoms with Gasteiger partial charge in [0, 0.05) is 30.9 Å². The summed E-state index contributed by atoms with van der Waals surface area (Å²) in [5.41, 5.74) is 1.21. The Hall–Kier alpha value is -1.71. The monoisotopic (exact) mass is 262 g/mol. The molecule has 0 aromatic heterocycles. The molecule has 1 amide bonds. The standard InChI is InChI=1S/C15H22N2O2/c1-4-19-15(18)16-10-12(2)17(13(3)11-16)14-8-6-5-7-9-14/h5-9,12-13H,4,10-11H2,1-3H3. The minimum atomic E-state index is -0.200. The fraction of sp³-hybridized carbons (Fsp3) is 0.533. The fourth-order valence-electron chi connectivity index (χ4n) is 2.80. The Morgan fingerprint density at radius 2 is 1.79 bits per heavy atom. The third kappa shape index (κ3) is 3.00. The molecule has 1 aliphatic heterocycles. The van der Waals surface area contributed by atoms with Gasteiger partial charge in [-0.3, -0.25) is 0 Å². The number of benzene rings is 1. The highest BCUT2D eigenvalue weighted by Gasteiger charge is 2.32. The molecule has 0 aliphatic carbocycles. The van der Waals surface area contributed by atoms with E-state index in [9.17, 15) is 4.79 Å². The van der Waals surface area contributed by atoms with Crippen molar-refractivity contribution in [3.63, 3.8) is 0 Å². The maximum atomic E-state index is 11.8. The number of hydrogen-bond acceptors (Lipinski definition) is 3. The van der Waals surface area contributed by atoms with Crippen molar-refractivity contribution in [3.8, 4) is 0 Å². The topological polar surface area (TPSA) is 32.8 Å². The molecule has 19 heavy (non-hydrogen) atoms. The first-order valence-corrected chi connectivity index (χ1v) is 6.88. The quantitative estimate of drug-likeness (QED) is 0.821. The highest BCUT2D eigenvalue weighted by atomic mass is 16.6. The molecule has 0 radical (unpaired) electrons. The van der Waals surface area contributed by atoms with Crippen molar-refractivity contribution in [2.75, 3.05) is 24.6 Å².